The number of carbonyl (C=O) groups is 1. The van der Waals surface area contributed by atoms with Gasteiger partial charge in [0.15, 0.2) is 18.1 Å². The van der Waals surface area contributed by atoms with Gasteiger partial charge in [-0.1, -0.05) is 11.6 Å². The zero-order valence-corrected chi connectivity index (χ0v) is 13.5. The normalized spacial score (nSPS) is 12.1. The minimum atomic E-state index is -0.502. The van der Waals surface area contributed by atoms with Crippen molar-refractivity contribution in [3.05, 3.63) is 46.5 Å². The average Bonchev–Trinajstić information content (AvgIpc) is 2.93. The van der Waals surface area contributed by atoms with Crippen LogP contribution in [-0.4, -0.2) is 19.4 Å². The van der Waals surface area contributed by atoms with E-state index < -0.39 is 5.97 Å². The van der Waals surface area contributed by atoms with Crippen LogP contribution in [0, 0.1) is 13.8 Å². The number of halogens is 1. The maximum atomic E-state index is 11.9. The fourth-order valence-corrected chi connectivity index (χ4v) is 2.68. The first-order valence-corrected chi connectivity index (χ1v) is 7.40. The molecule has 0 aromatic heterocycles. The Kier molecular flexibility index (Phi) is 4.30. The molecule has 5 nitrogen and oxygen atoms in total. The van der Waals surface area contributed by atoms with E-state index in [4.69, 9.17) is 30.5 Å². The number of carbonyl (C=O) groups excluding carboxylic acids is 1. The van der Waals surface area contributed by atoms with Gasteiger partial charge in [-0.2, -0.15) is 0 Å². The SMILES string of the molecule is Cc1cc(Cl)cc(C)c1OCC(=O)Oc1ccc2c(c1)OCO2. The summed E-state index contributed by atoms with van der Waals surface area (Å²) in [6.07, 6.45) is 0. The molecule has 23 heavy (non-hydrogen) atoms. The van der Waals surface area contributed by atoms with Crippen molar-refractivity contribution in [2.45, 2.75) is 13.8 Å². The van der Waals surface area contributed by atoms with E-state index in [0.29, 0.717) is 28.0 Å². The Hall–Kier alpha value is -2.40. The van der Waals surface area contributed by atoms with Gasteiger partial charge in [0.2, 0.25) is 6.79 Å². The smallest absolute Gasteiger partial charge is 0.349 e. The van der Waals surface area contributed by atoms with Crippen LogP contribution in [0.1, 0.15) is 11.1 Å². The lowest BCUT2D eigenvalue weighted by molar-refractivity contribution is -0.136. The molecule has 1 aliphatic rings. The molecule has 3 rings (SSSR count). The van der Waals surface area contributed by atoms with Crippen molar-refractivity contribution in [2.24, 2.45) is 0 Å². The molecule has 1 aliphatic heterocycles. The molecule has 0 spiro atoms. The van der Waals surface area contributed by atoms with Crippen molar-refractivity contribution in [3.8, 4) is 23.0 Å². The first kappa shape index (κ1) is 15.5. The largest absolute Gasteiger partial charge is 0.481 e. The Morgan fingerprint density at radius 1 is 1.13 bits per heavy atom. The number of aryl methyl sites for hydroxylation is 2. The summed E-state index contributed by atoms with van der Waals surface area (Å²) in [5.41, 5.74) is 1.73. The monoisotopic (exact) mass is 334 g/mol. The molecule has 0 radical (unpaired) electrons. The number of rotatable bonds is 4. The summed E-state index contributed by atoms with van der Waals surface area (Å²) in [5.74, 6) is 1.70. The molecular weight excluding hydrogens is 320 g/mol. The molecular formula is C17H15ClO5. The molecule has 0 atom stereocenters. The highest BCUT2D eigenvalue weighted by molar-refractivity contribution is 6.30. The highest BCUT2D eigenvalue weighted by Crippen LogP contribution is 2.35. The van der Waals surface area contributed by atoms with Gasteiger partial charge in [-0.15, -0.1) is 0 Å². The first-order chi connectivity index (χ1) is 11.0. The van der Waals surface area contributed by atoms with Crippen LogP contribution in [0.25, 0.3) is 0 Å². The molecule has 2 aromatic rings. The van der Waals surface area contributed by atoms with Crippen LogP contribution < -0.4 is 18.9 Å². The predicted octanol–water partition coefficient (Wildman–Crippen LogP) is 3.67. The Labute approximate surface area is 138 Å². The summed E-state index contributed by atoms with van der Waals surface area (Å²) >= 11 is 5.97. The summed E-state index contributed by atoms with van der Waals surface area (Å²) in [6, 6.07) is 8.52. The lowest BCUT2D eigenvalue weighted by atomic mass is 10.1. The Balaban J connectivity index is 1.62. The molecule has 0 saturated carbocycles. The number of esters is 1. The van der Waals surface area contributed by atoms with Gasteiger partial charge < -0.3 is 18.9 Å². The Morgan fingerprint density at radius 2 is 1.83 bits per heavy atom. The Morgan fingerprint density at radius 3 is 2.57 bits per heavy atom. The van der Waals surface area contributed by atoms with E-state index in [9.17, 15) is 4.79 Å². The van der Waals surface area contributed by atoms with Crippen molar-refractivity contribution in [2.75, 3.05) is 13.4 Å². The van der Waals surface area contributed by atoms with Crippen LogP contribution in [0.2, 0.25) is 5.02 Å². The summed E-state index contributed by atoms with van der Waals surface area (Å²) in [5, 5.41) is 0.635. The van der Waals surface area contributed by atoms with Crippen molar-refractivity contribution in [3.63, 3.8) is 0 Å². The summed E-state index contributed by atoms with van der Waals surface area (Å²) < 4.78 is 21.2. The van der Waals surface area contributed by atoms with Crippen molar-refractivity contribution >= 4 is 17.6 Å². The maximum absolute atomic E-state index is 11.9. The summed E-state index contributed by atoms with van der Waals surface area (Å²) in [6.45, 7) is 3.72. The molecule has 1 heterocycles. The second-order valence-corrected chi connectivity index (χ2v) is 5.58. The van der Waals surface area contributed by atoms with Crippen LogP contribution in [0.5, 0.6) is 23.0 Å². The van der Waals surface area contributed by atoms with Crippen molar-refractivity contribution < 1.29 is 23.7 Å². The van der Waals surface area contributed by atoms with Gasteiger partial charge in [0, 0.05) is 11.1 Å². The minimum Gasteiger partial charge on any atom is -0.481 e. The molecule has 0 N–H and O–H groups in total. The fraction of sp³-hybridized carbons (Fsp3) is 0.235. The second-order valence-electron chi connectivity index (χ2n) is 5.15. The van der Waals surface area contributed by atoms with Gasteiger partial charge in [0.1, 0.15) is 11.5 Å². The standard InChI is InChI=1S/C17H15ClO5/c1-10-5-12(18)6-11(2)17(10)20-8-16(19)23-13-3-4-14-15(7-13)22-9-21-14/h3-7H,8-9H2,1-2H3. The van der Waals surface area contributed by atoms with E-state index in [2.05, 4.69) is 0 Å². The molecule has 120 valence electrons. The number of ether oxygens (including phenoxy) is 4. The number of benzene rings is 2. The van der Waals surface area contributed by atoms with Gasteiger partial charge in [0.05, 0.1) is 0 Å². The van der Waals surface area contributed by atoms with Crippen molar-refractivity contribution in [1.82, 2.24) is 0 Å². The second kappa shape index (κ2) is 6.38. The van der Waals surface area contributed by atoms with Crippen molar-refractivity contribution in [1.29, 1.82) is 0 Å². The molecule has 0 unspecified atom stereocenters. The average molecular weight is 335 g/mol. The molecule has 6 heteroatoms. The van der Waals surface area contributed by atoms with E-state index in [1.54, 1.807) is 30.3 Å². The van der Waals surface area contributed by atoms with Crippen LogP contribution in [0.15, 0.2) is 30.3 Å². The van der Waals surface area contributed by atoms with Gasteiger partial charge >= 0.3 is 5.97 Å². The van der Waals surface area contributed by atoms with Crippen LogP contribution in [0.4, 0.5) is 0 Å². The Bertz CT molecular complexity index is 734. The number of hydrogen-bond donors (Lipinski definition) is 0. The molecule has 2 aromatic carbocycles. The summed E-state index contributed by atoms with van der Waals surface area (Å²) in [7, 11) is 0. The third-order valence-corrected chi connectivity index (χ3v) is 3.55. The third kappa shape index (κ3) is 3.51. The molecule has 0 amide bonds. The van der Waals surface area contributed by atoms with Gasteiger partial charge in [-0.05, 0) is 49.2 Å². The lowest BCUT2D eigenvalue weighted by Gasteiger charge is -2.12. The van der Waals surface area contributed by atoms with Crippen LogP contribution in [0.3, 0.4) is 0 Å². The summed E-state index contributed by atoms with van der Waals surface area (Å²) in [4.78, 5) is 11.9. The first-order valence-electron chi connectivity index (χ1n) is 7.03. The van der Waals surface area contributed by atoms with E-state index in [-0.39, 0.29) is 13.4 Å². The zero-order chi connectivity index (χ0) is 16.4. The molecule has 0 bridgehead atoms. The fourth-order valence-electron chi connectivity index (χ4n) is 2.36. The van der Waals surface area contributed by atoms with Gasteiger partial charge in [-0.25, -0.2) is 4.79 Å². The number of hydrogen-bond acceptors (Lipinski definition) is 5. The van der Waals surface area contributed by atoms with E-state index in [0.717, 1.165) is 11.1 Å². The third-order valence-electron chi connectivity index (χ3n) is 3.34. The topological polar surface area (TPSA) is 54.0 Å². The number of fused-ring (bicyclic) bond motifs is 1. The van der Waals surface area contributed by atoms with E-state index in [1.165, 1.54) is 0 Å². The molecule has 0 saturated heterocycles. The predicted molar refractivity (Wildman–Crippen MR) is 84.6 cm³/mol. The quantitative estimate of drug-likeness (QED) is 0.630. The molecule has 0 aliphatic carbocycles. The van der Waals surface area contributed by atoms with E-state index >= 15 is 0 Å². The van der Waals surface area contributed by atoms with Crippen LogP contribution >= 0.6 is 11.6 Å². The highest BCUT2D eigenvalue weighted by atomic mass is 35.5. The van der Waals surface area contributed by atoms with Gasteiger partial charge in [-0.3, -0.25) is 0 Å². The van der Waals surface area contributed by atoms with Gasteiger partial charge in [0.25, 0.3) is 0 Å². The van der Waals surface area contributed by atoms with Crippen LogP contribution in [-0.2, 0) is 4.79 Å². The van der Waals surface area contributed by atoms with E-state index in [1.807, 2.05) is 13.8 Å². The maximum Gasteiger partial charge on any atom is 0.349 e. The minimum absolute atomic E-state index is 0.172. The highest BCUT2D eigenvalue weighted by Gasteiger charge is 2.16. The lowest BCUT2D eigenvalue weighted by Crippen LogP contribution is -2.18. The molecule has 0 fully saturated rings. The zero-order valence-electron chi connectivity index (χ0n) is 12.7.